The Morgan fingerprint density at radius 3 is 2.29 bits per heavy atom. The van der Waals surface area contributed by atoms with Crippen LogP contribution in [0.1, 0.15) is 65.3 Å². The molecule has 0 saturated carbocycles. The number of nitrogens with one attached hydrogen (secondary N) is 1. The zero-order valence-corrected chi connectivity index (χ0v) is 14.9. The number of rotatable bonds is 7. The minimum absolute atomic E-state index is 0.0448. The van der Waals surface area contributed by atoms with E-state index in [1.165, 1.54) is 19.3 Å². The van der Waals surface area contributed by atoms with Gasteiger partial charge in [-0.15, -0.1) is 0 Å². The van der Waals surface area contributed by atoms with Gasteiger partial charge in [-0.25, -0.2) is 9.97 Å². The Hall–Kier alpha value is -1.32. The lowest BCUT2D eigenvalue weighted by Gasteiger charge is -2.25. The minimum atomic E-state index is -0.0448. The number of anilines is 2. The van der Waals surface area contributed by atoms with Gasteiger partial charge in [-0.3, -0.25) is 0 Å². The molecule has 0 unspecified atom stereocenters. The van der Waals surface area contributed by atoms with Gasteiger partial charge in [-0.05, 0) is 20.3 Å². The van der Waals surface area contributed by atoms with Crippen LogP contribution in [0.2, 0.25) is 0 Å². The van der Waals surface area contributed by atoms with Gasteiger partial charge >= 0.3 is 0 Å². The van der Waals surface area contributed by atoms with E-state index in [0.717, 1.165) is 36.1 Å². The second kappa shape index (κ2) is 7.62. The number of nitrogens with zero attached hydrogens (tertiary/aromatic N) is 3. The van der Waals surface area contributed by atoms with Gasteiger partial charge in [0.15, 0.2) is 0 Å². The largest absolute Gasteiger partial charge is 0.370 e. The average Bonchev–Trinajstić information content (AvgIpc) is 2.40. The molecule has 1 heterocycles. The van der Waals surface area contributed by atoms with Crippen LogP contribution in [0, 0.1) is 6.92 Å². The fourth-order valence-corrected chi connectivity index (χ4v) is 2.26. The maximum Gasteiger partial charge on any atom is 0.138 e. The smallest absolute Gasteiger partial charge is 0.138 e. The summed E-state index contributed by atoms with van der Waals surface area (Å²) in [5.41, 5.74) is 1.10. The molecule has 0 aliphatic heterocycles. The highest BCUT2D eigenvalue weighted by Crippen LogP contribution is 2.28. The fraction of sp³-hybridized carbons (Fsp3) is 0.765. The molecule has 1 rings (SSSR count). The first-order valence-electron chi connectivity index (χ1n) is 8.15. The van der Waals surface area contributed by atoms with Crippen molar-refractivity contribution < 1.29 is 0 Å². The number of hydrogen-bond donors (Lipinski definition) is 1. The molecule has 120 valence electrons. The van der Waals surface area contributed by atoms with Crippen molar-refractivity contribution >= 4 is 11.6 Å². The Morgan fingerprint density at radius 2 is 1.76 bits per heavy atom. The molecule has 0 aliphatic carbocycles. The van der Waals surface area contributed by atoms with E-state index in [9.17, 15) is 0 Å². The van der Waals surface area contributed by atoms with Crippen molar-refractivity contribution in [3.05, 3.63) is 11.4 Å². The van der Waals surface area contributed by atoms with Crippen LogP contribution < -0.4 is 10.2 Å². The van der Waals surface area contributed by atoms with Crippen LogP contribution in [-0.4, -0.2) is 30.1 Å². The van der Waals surface area contributed by atoms with Crippen LogP contribution in [0.5, 0.6) is 0 Å². The van der Waals surface area contributed by atoms with E-state index in [1.54, 1.807) is 0 Å². The lowest BCUT2D eigenvalue weighted by Crippen LogP contribution is -2.25. The zero-order valence-electron chi connectivity index (χ0n) is 14.9. The lowest BCUT2D eigenvalue weighted by atomic mass is 9.95. The van der Waals surface area contributed by atoms with Gasteiger partial charge in [-0.2, -0.15) is 0 Å². The molecule has 0 saturated heterocycles. The molecule has 0 aromatic carbocycles. The van der Waals surface area contributed by atoms with E-state index >= 15 is 0 Å². The van der Waals surface area contributed by atoms with Gasteiger partial charge in [0.05, 0.1) is 0 Å². The Balaban J connectivity index is 3.13. The summed E-state index contributed by atoms with van der Waals surface area (Å²) in [7, 11) is 2.13. The van der Waals surface area contributed by atoms with Crippen molar-refractivity contribution in [1.82, 2.24) is 9.97 Å². The van der Waals surface area contributed by atoms with Crippen molar-refractivity contribution in [2.45, 2.75) is 66.2 Å². The van der Waals surface area contributed by atoms with Gasteiger partial charge in [0.25, 0.3) is 0 Å². The molecular weight excluding hydrogens is 260 g/mol. The van der Waals surface area contributed by atoms with Gasteiger partial charge in [0, 0.05) is 31.1 Å². The molecular formula is C17H32N4. The van der Waals surface area contributed by atoms with Crippen molar-refractivity contribution in [2.24, 2.45) is 0 Å². The topological polar surface area (TPSA) is 41.1 Å². The molecule has 0 fully saturated rings. The van der Waals surface area contributed by atoms with E-state index in [2.05, 4.69) is 58.8 Å². The Bertz CT molecular complexity index is 449. The van der Waals surface area contributed by atoms with Gasteiger partial charge in [0.2, 0.25) is 0 Å². The number of unbranched alkanes of at least 4 members (excludes halogenated alkanes) is 2. The van der Waals surface area contributed by atoms with Crippen molar-refractivity contribution in [2.75, 3.05) is 30.4 Å². The molecule has 0 aliphatic rings. The predicted octanol–water partition coefficient (Wildman–Crippen LogP) is 4.14. The molecule has 1 N–H and O–H groups in total. The molecule has 21 heavy (non-hydrogen) atoms. The maximum atomic E-state index is 4.84. The molecule has 0 atom stereocenters. The monoisotopic (exact) mass is 292 g/mol. The van der Waals surface area contributed by atoms with E-state index in [4.69, 9.17) is 9.97 Å². The molecule has 1 aromatic rings. The second-order valence-electron chi connectivity index (χ2n) is 6.75. The Morgan fingerprint density at radius 1 is 1.10 bits per heavy atom. The summed E-state index contributed by atoms with van der Waals surface area (Å²) < 4.78 is 0. The lowest BCUT2D eigenvalue weighted by molar-refractivity contribution is 0.544. The molecule has 1 aromatic heterocycles. The third kappa shape index (κ3) is 4.87. The third-order valence-corrected chi connectivity index (χ3v) is 3.59. The van der Waals surface area contributed by atoms with Crippen LogP contribution >= 0.6 is 0 Å². The molecule has 0 amide bonds. The van der Waals surface area contributed by atoms with Gasteiger partial charge in [-0.1, -0.05) is 40.5 Å². The van der Waals surface area contributed by atoms with Crippen LogP contribution in [0.25, 0.3) is 0 Å². The highest BCUT2D eigenvalue weighted by molar-refractivity contribution is 5.58. The maximum absolute atomic E-state index is 4.84. The first kappa shape index (κ1) is 17.7. The highest BCUT2D eigenvalue weighted by Gasteiger charge is 2.22. The fourth-order valence-electron chi connectivity index (χ4n) is 2.26. The summed E-state index contributed by atoms with van der Waals surface area (Å²) in [4.78, 5) is 11.8. The van der Waals surface area contributed by atoms with Crippen LogP contribution in [-0.2, 0) is 5.41 Å². The summed E-state index contributed by atoms with van der Waals surface area (Å²) in [6.07, 6.45) is 3.71. The van der Waals surface area contributed by atoms with Crippen LogP contribution in [0.4, 0.5) is 11.6 Å². The van der Waals surface area contributed by atoms with Crippen LogP contribution in [0.15, 0.2) is 0 Å². The average molecular weight is 292 g/mol. The first-order chi connectivity index (χ1) is 9.81. The third-order valence-electron chi connectivity index (χ3n) is 3.59. The second-order valence-corrected chi connectivity index (χ2v) is 6.75. The standard InChI is InChI=1S/C17H32N4/c1-8-10-11-12-21(7)15-13(3)14(18-9-2)19-16(20-15)17(4,5)6/h8-12H2,1-7H3,(H,18,19,20). The summed E-state index contributed by atoms with van der Waals surface area (Å²) in [5, 5.41) is 3.37. The minimum Gasteiger partial charge on any atom is -0.370 e. The molecule has 0 spiro atoms. The Kier molecular flexibility index (Phi) is 6.43. The summed E-state index contributed by atoms with van der Waals surface area (Å²) in [6.45, 7) is 14.8. The summed E-state index contributed by atoms with van der Waals surface area (Å²) >= 11 is 0. The van der Waals surface area contributed by atoms with E-state index in [0.29, 0.717) is 0 Å². The molecule has 4 nitrogen and oxygen atoms in total. The normalized spacial score (nSPS) is 11.6. The number of hydrogen-bond acceptors (Lipinski definition) is 4. The van der Waals surface area contributed by atoms with Crippen molar-refractivity contribution in [3.63, 3.8) is 0 Å². The summed E-state index contributed by atoms with van der Waals surface area (Å²) in [6, 6.07) is 0. The number of aromatic nitrogens is 2. The van der Waals surface area contributed by atoms with Crippen molar-refractivity contribution in [3.8, 4) is 0 Å². The quantitative estimate of drug-likeness (QED) is 0.767. The SMILES string of the molecule is CCCCCN(C)c1nc(C(C)(C)C)nc(NCC)c1C. The van der Waals surface area contributed by atoms with E-state index in [-0.39, 0.29) is 5.41 Å². The molecule has 0 radical (unpaired) electrons. The molecule has 4 heteroatoms. The zero-order chi connectivity index (χ0) is 16.0. The van der Waals surface area contributed by atoms with Gasteiger partial charge < -0.3 is 10.2 Å². The highest BCUT2D eigenvalue weighted by atomic mass is 15.2. The van der Waals surface area contributed by atoms with Gasteiger partial charge in [0.1, 0.15) is 17.5 Å². The predicted molar refractivity (Wildman–Crippen MR) is 92.4 cm³/mol. The summed E-state index contributed by atoms with van der Waals surface area (Å²) in [5.74, 6) is 2.93. The van der Waals surface area contributed by atoms with Crippen molar-refractivity contribution in [1.29, 1.82) is 0 Å². The van der Waals surface area contributed by atoms with Crippen LogP contribution in [0.3, 0.4) is 0 Å². The Labute approximate surface area is 130 Å². The van der Waals surface area contributed by atoms with E-state index < -0.39 is 0 Å². The molecule has 0 bridgehead atoms. The first-order valence-corrected chi connectivity index (χ1v) is 8.15. The van der Waals surface area contributed by atoms with E-state index in [1.807, 2.05) is 0 Å².